The van der Waals surface area contributed by atoms with Gasteiger partial charge < -0.3 is 4.90 Å². The molecule has 0 saturated carbocycles. The van der Waals surface area contributed by atoms with Crippen LogP contribution in [-0.4, -0.2) is 23.4 Å². The molecule has 4 heteroatoms. The van der Waals surface area contributed by atoms with Crippen molar-refractivity contribution in [2.45, 2.75) is 32.7 Å². The van der Waals surface area contributed by atoms with Crippen molar-refractivity contribution in [3.8, 4) is 0 Å². The van der Waals surface area contributed by atoms with E-state index >= 15 is 0 Å². The zero-order valence-electron chi connectivity index (χ0n) is 10.6. The Kier molecular flexibility index (Phi) is 4.31. The van der Waals surface area contributed by atoms with Crippen molar-refractivity contribution in [3.05, 3.63) is 34.1 Å². The Hall–Kier alpha value is -0.900. The van der Waals surface area contributed by atoms with Crippen molar-refractivity contribution in [2.75, 3.05) is 7.05 Å². The summed E-state index contributed by atoms with van der Waals surface area (Å²) in [6.45, 7) is 5.99. The third-order valence-electron chi connectivity index (χ3n) is 3.24. The molecular weight excluding hydrogens is 285 g/mol. The number of hydrogen-bond acceptors (Lipinski definition) is 1. The number of nitrogens with zero attached hydrogens (tertiary/aromatic N) is 1. The molecule has 1 aromatic rings. The lowest BCUT2D eigenvalue weighted by Crippen LogP contribution is -2.44. The van der Waals surface area contributed by atoms with E-state index < -0.39 is 5.82 Å². The normalized spacial score (nSPS) is 11.4. The summed E-state index contributed by atoms with van der Waals surface area (Å²) in [7, 11) is 1.74. The maximum atomic E-state index is 13.4. The lowest BCUT2D eigenvalue weighted by atomic mass is 9.99. The second-order valence-electron chi connectivity index (χ2n) is 4.66. The van der Waals surface area contributed by atoms with Crippen molar-refractivity contribution in [3.63, 3.8) is 0 Å². The van der Waals surface area contributed by atoms with Crippen molar-refractivity contribution < 1.29 is 9.18 Å². The Labute approximate surface area is 110 Å². The summed E-state index contributed by atoms with van der Waals surface area (Å²) < 4.78 is 13.7. The molecular formula is C13H17BrFNO. The lowest BCUT2D eigenvalue weighted by molar-refractivity contribution is 0.0619. The second-order valence-corrected chi connectivity index (χ2v) is 5.51. The fraction of sp³-hybridized carbons (Fsp3) is 0.462. The van der Waals surface area contributed by atoms with Gasteiger partial charge in [-0.15, -0.1) is 0 Å². The third kappa shape index (κ3) is 3.06. The first-order valence-corrected chi connectivity index (χ1v) is 6.32. The van der Waals surface area contributed by atoms with E-state index in [1.165, 1.54) is 6.07 Å². The molecule has 0 aliphatic carbocycles. The van der Waals surface area contributed by atoms with Crippen LogP contribution in [0.3, 0.4) is 0 Å². The van der Waals surface area contributed by atoms with Gasteiger partial charge in [-0.3, -0.25) is 4.79 Å². The molecule has 0 atom stereocenters. The lowest BCUT2D eigenvalue weighted by Gasteiger charge is -2.35. The number of hydrogen-bond donors (Lipinski definition) is 0. The van der Waals surface area contributed by atoms with Crippen molar-refractivity contribution in [1.29, 1.82) is 0 Å². The van der Waals surface area contributed by atoms with Crippen LogP contribution in [0.1, 0.15) is 37.6 Å². The molecule has 2 nitrogen and oxygen atoms in total. The van der Waals surface area contributed by atoms with Gasteiger partial charge in [0.15, 0.2) is 0 Å². The highest BCUT2D eigenvalue weighted by molar-refractivity contribution is 9.10. The summed E-state index contributed by atoms with van der Waals surface area (Å²) >= 11 is 3.07. The van der Waals surface area contributed by atoms with Crippen molar-refractivity contribution >= 4 is 21.8 Å². The molecule has 0 aliphatic heterocycles. The van der Waals surface area contributed by atoms with Crippen LogP contribution in [0.4, 0.5) is 4.39 Å². The molecule has 0 fully saturated rings. The maximum absolute atomic E-state index is 13.4. The summed E-state index contributed by atoms with van der Waals surface area (Å²) in [5.74, 6) is -0.582. The fourth-order valence-electron chi connectivity index (χ4n) is 1.33. The van der Waals surface area contributed by atoms with Gasteiger partial charge in [-0.05, 0) is 54.4 Å². The standard InChI is InChI=1S/C13H17BrFNO/c1-5-13(2,3)16(4)12(17)9-6-7-10(14)11(15)8-9/h6-8H,5H2,1-4H3. The van der Waals surface area contributed by atoms with Crippen molar-refractivity contribution in [2.24, 2.45) is 0 Å². The van der Waals surface area contributed by atoms with Gasteiger partial charge in [0.25, 0.3) is 5.91 Å². The van der Waals surface area contributed by atoms with E-state index in [0.29, 0.717) is 10.0 Å². The molecule has 0 radical (unpaired) electrons. The van der Waals surface area contributed by atoms with Gasteiger partial charge >= 0.3 is 0 Å². The van der Waals surface area contributed by atoms with Gasteiger partial charge in [-0.1, -0.05) is 6.92 Å². The Morgan fingerprint density at radius 2 is 2.06 bits per heavy atom. The van der Waals surface area contributed by atoms with Crippen molar-refractivity contribution in [1.82, 2.24) is 4.90 Å². The smallest absolute Gasteiger partial charge is 0.254 e. The van der Waals surface area contributed by atoms with Crippen LogP contribution in [-0.2, 0) is 0 Å². The molecule has 94 valence electrons. The zero-order chi connectivity index (χ0) is 13.2. The van der Waals surface area contributed by atoms with E-state index in [0.717, 1.165) is 6.42 Å². The molecule has 0 heterocycles. The average molecular weight is 302 g/mol. The zero-order valence-corrected chi connectivity index (χ0v) is 12.1. The SMILES string of the molecule is CCC(C)(C)N(C)C(=O)c1ccc(Br)c(F)c1. The molecule has 17 heavy (non-hydrogen) atoms. The summed E-state index contributed by atoms with van der Waals surface area (Å²) in [5.41, 5.74) is 0.135. The number of carbonyl (C=O) groups is 1. The summed E-state index contributed by atoms with van der Waals surface area (Å²) in [6.07, 6.45) is 0.842. The van der Waals surface area contributed by atoms with Gasteiger partial charge in [-0.25, -0.2) is 4.39 Å². The van der Waals surface area contributed by atoms with Gasteiger partial charge in [0, 0.05) is 18.2 Å². The Bertz CT molecular complexity index is 431. The van der Waals surface area contributed by atoms with Crippen LogP contribution in [0, 0.1) is 5.82 Å². The number of amides is 1. The van der Waals surface area contributed by atoms with E-state index in [9.17, 15) is 9.18 Å². The molecule has 0 bridgehead atoms. The molecule has 1 aromatic carbocycles. The van der Waals surface area contributed by atoms with Gasteiger partial charge in [0.2, 0.25) is 0 Å². The fourth-order valence-corrected chi connectivity index (χ4v) is 1.58. The third-order valence-corrected chi connectivity index (χ3v) is 3.89. The Balaban J connectivity index is 3.01. The minimum atomic E-state index is -0.418. The molecule has 0 N–H and O–H groups in total. The number of rotatable bonds is 3. The van der Waals surface area contributed by atoms with Crippen LogP contribution in [0.15, 0.2) is 22.7 Å². The average Bonchev–Trinajstić information content (AvgIpc) is 2.30. The number of benzene rings is 1. The number of carbonyl (C=O) groups excluding carboxylic acids is 1. The summed E-state index contributed by atoms with van der Waals surface area (Å²) in [4.78, 5) is 13.8. The topological polar surface area (TPSA) is 20.3 Å². The minimum Gasteiger partial charge on any atom is -0.337 e. The molecule has 0 aliphatic rings. The predicted molar refractivity (Wildman–Crippen MR) is 70.6 cm³/mol. The maximum Gasteiger partial charge on any atom is 0.254 e. The molecule has 0 unspecified atom stereocenters. The molecule has 0 spiro atoms. The van der Waals surface area contributed by atoms with Gasteiger partial charge in [0.05, 0.1) is 4.47 Å². The van der Waals surface area contributed by atoms with E-state index in [2.05, 4.69) is 15.9 Å². The first-order valence-electron chi connectivity index (χ1n) is 5.53. The van der Waals surface area contributed by atoms with Crippen LogP contribution in [0.5, 0.6) is 0 Å². The Morgan fingerprint density at radius 3 is 2.53 bits per heavy atom. The van der Waals surface area contributed by atoms with E-state index in [-0.39, 0.29) is 11.4 Å². The van der Waals surface area contributed by atoms with Crippen LogP contribution < -0.4 is 0 Å². The largest absolute Gasteiger partial charge is 0.337 e. The van der Waals surface area contributed by atoms with Gasteiger partial charge in [0.1, 0.15) is 5.82 Å². The van der Waals surface area contributed by atoms with Crippen LogP contribution in [0.25, 0.3) is 0 Å². The first kappa shape index (κ1) is 14.2. The minimum absolute atomic E-state index is 0.164. The van der Waals surface area contributed by atoms with E-state index in [1.807, 2.05) is 20.8 Å². The quantitative estimate of drug-likeness (QED) is 0.830. The molecule has 0 aromatic heterocycles. The number of halogens is 2. The Morgan fingerprint density at radius 1 is 1.47 bits per heavy atom. The summed E-state index contributed by atoms with van der Waals surface area (Å²) in [5, 5.41) is 0. The summed E-state index contributed by atoms with van der Waals surface area (Å²) in [6, 6.07) is 4.43. The molecule has 1 amide bonds. The molecule has 0 saturated heterocycles. The highest BCUT2D eigenvalue weighted by Gasteiger charge is 2.26. The van der Waals surface area contributed by atoms with E-state index in [4.69, 9.17) is 0 Å². The highest BCUT2D eigenvalue weighted by Crippen LogP contribution is 2.21. The predicted octanol–water partition coefficient (Wildman–Crippen LogP) is 3.85. The van der Waals surface area contributed by atoms with Crippen LogP contribution >= 0.6 is 15.9 Å². The van der Waals surface area contributed by atoms with Gasteiger partial charge in [-0.2, -0.15) is 0 Å². The highest BCUT2D eigenvalue weighted by atomic mass is 79.9. The molecule has 1 rings (SSSR count). The van der Waals surface area contributed by atoms with E-state index in [1.54, 1.807) is 24.1 Å². The monoisotopic (exact) mass is 301 g/mol. The second kappa shape index (κ2) is 5.17. The van der Waals surface area contributed by atoms with Crippen LogP contribution in [0.2, 0.25) is 0 Å². The first-order chi connectivity index (χ1) is 7.79.